The largest absolute Gasteiger partial charge is 0.508 e. The maximum Gasteiger partial charge on any atom is 0.115 e. The van der Waals surface area contributed by atoms with Crippen LogP contribution in [0.15, 0.2) is 73.3 Å². The van der Waals surface area contributed by atoms with Gasteiger partial charge in [0.15, 0.2) is 0 Å². The van der Waals surface area contributed by atoms with Gasteiger partial charge in [0.1, 0.15) is 11.5 Å². The van der Waals surface area contributed by atoms with Crippen molar-refractivity contribution in [1.29, 1.82) is 0 Å². The van der Waals surface area contributed by atoms with Crippen LogP contribution in [0, 0.1) is 0 Å². The first-order valence-electron chi connectivity index (χ1n) is 7.43. The Morgan fingerprint density at radius 3 is 1.39 bits per heavy atom. The summed E-state index contributed by atoms with van der Waals surface area (Å²) in [6, 6.07) is 20.6. The average molecular weight is 302 g/mol. The van der Waals surface area contributed by atoms with E-state index >= 15 is 0 Å². The molecule has 23 heavy (non-hydrogen) atoms. The number of aromatic hydroxyl groups is 2. The topological polar surface area (TPSA) is 40.5 Å². The second kappa shape index (κ2) is 6.01. The van der Waals surface area contributed by atoms with Crippen LogP contribution in [0.2, 0.25) is 0 Å². The van der Waals surface area contributed by atoms with Crippen LogP contribution in [0.5, 0.6) is 11.5 Å². The maximum atomic E-state index is 9.47. The molecule has 0 atom stereocenters. The Bertz CT molecular complexity index is 780. The van der Waals surface area contributed by atoms with Gasteiger partial charge < -0.3 is 10.2 Å². The van der Waals surface area contributed by atoms with Crippen molar-refractivity contribution in [2.24, 2.45) is 0 Å². The van der Waals surface area contributed by atoms with Crippen LogP contribution in [-0.2, 0) is 0 Å². The molecule has 0 spiro atoms. The lowest BCUT2D eigenvalue weighted by molar-refractivity contribution is 0.475. The van der Waals surface area contributed by atoms with E-state index in [0.29, 0.717) is 0 Å². The molecule has 2 heteroatoms. The standard InChI is InChI=1S/C21H18O2/c1-14(2)17-11-18(15-3-7-20(22)8-4-15)13-19(12-17)16-5-9-21(23)10-6-16/h3-13,22-23H,1H2,2H3. The molecule has 3 rings (SSSR count). The molecule has 0 fully saturated rings. The van der Waals surface area contributed by atoms with Crippen molar-refractivity contribution in [3.05, 3.63) is 78.9 Å². The predicted molar refractivity (Wildman–Crippen MR) is 95.4 cm³/mol. The van der Waals surface area contributed by atoms with Gasteiger partial charge in [0.05, 0.1) is 0 Å². The van der Waals surface area contributed by atoms with Gasteiger partial charge >= 0.3 is 0 Å². The summed E-state index contributed by atoms with van der Waals surface area (Å²) in [5.74, 6) is 0.507. The lowest BCUT2D eigenvalue weighted by Gasteiger charge is -2.11. The highest BCUT2D eigenvalue weighted by Crippen LogP contribution is 2.31. The molecular formula is C21H18O2. The SMILES string of the molecule is C=C(C)c1cc(-c2ccc(O)cc2)cc(-c2ccc(O)cc2)c1. The van der Waals surface area contributed by atoms with Crippen molar-refractivity contribution in [1.82, 2.24) is 0 Å². The summed E-state index contributed by atoms with van der Waals surface area (Å²) in [4.78, 5) is 0. The van der Waals surface area contributed by atoms with Gasteiger partial charge in [-0.3, -0.25) is 0 Å². The molecule has 0 aliphatic heterocycles. The minimum Gasteiger partial charge on any atom is -0.508 e. The lowest BCUT2D eigenvalue weighted by Crippen LogP contribution is -1.86. The molecule has 3 aromatic rings. The summed E-state index contributed by atoms with van der Waals surface area (Å²) < 4.78 is 0. The van der Waals surface area contributed by atoms with Crippen molar-refractivity contribution in [2.75, 3.05) is 0 Å². The monoisotopic (exact) mass is 302 g/mol. The summed E-state index contributed by atoms with van der Waals surface area (Å²) >= 11 is 0. The van der Waals surface area contributed by atoms with E-state index in [1.54, 1.807) is 24.3 Å². The van der Waals surface area contributed by atoms with E-state index < -0.39 is 0 Å². The molecule has 3 aromatic carbocycles. The second-order valence-electron chi connectivity index (χ2n) is 5.67. The Balaban J connectivity index is 2.15. The first kappa shape index (κ1) is 14.9. The highest BCUT2D eigenvalue weighted by atomic mass is 16.3. The van der Waals surface area contributed by atoms with Gasteiger partial charge in [0.2, 0.25) is 0 Å². The summed E-state index contributed by atoms with van der Waals surface area (Å²) in [6.07, 6.45) is 0. The van der Waals surface area contributed by atoms with Crippen molar-refractivity contribution < 1.29 is 10.2 Å². The fourth-order valence-electron chi connectivity index (χ4n) is 2.52. The normalized spacial score (nSPS) is 10.5. The molecule has 2 N–H and O–H groups in total. The van der Waals surface area contributed by atoms with Crippen molar-refractivity contribution >= 4 is 5.57 Å². The van der Waals surface area contributed by atoms with Gasteiger partial charge in [0, 0.05) is 0 Å². The fourth-order valence-corrected chi connectivity index (χ4v) is 2.52. The Kier molecular flexibility index (Phi) is 3.90. The van der Waals surface area contributed by atoms with Crippen LogP contribution in [0.3, 0.4) is 0 Å². The van der Waals surface area contributed by atoms with E-state index in [4.69, 9.17) is 0 Å². The van der Waals surface area contributed by atoms with E-state index in [1.165, 1.54) is 0 Å². The van der Waals surface area contributed by atoms with E-state index in [-0.39, 0.29) is 11.5 Å². The predicted octanol–water partition coefficient (Wildman–Crippen LogP) is 5.46. The van der Waals surface area contributed by atoms with Crippen LogP contribution < -0.4 is 0 Å². The van der Waals surface area contributed by atoms with Crippen LogP contribution in [-0.4, -0.2) is 10.2 Å². The summed E-state index contributed by atoms with van der Waals surface area (Å²) in [5, 5.41) is 18.9. The van der Waals surface area contributed by atoms with Gasteiger partial charge in [-0.05, 0) is 77.2 Å². The highest BCUT2D eigenvalue weighted by Gasteiger charge is 2.06. The van der Waals surface area contributed by atoms with Crippen LogP contribution >= 0.6 is 0 Å². The molecule has 0 heterocycles. The molecule has 0 aliphatic rings. The smallest absolute Gasteiger partial charge is 0.115 e. The molecule has 0 bridgehead atoms. The number of phenols is 2. The third-order valence-corrected chi connectivity index (χ3v) is 3.83. The number of phenolic OH excluding ortho intramolecular Hbond substituents is 2. The molecule has 2 nitrogen and oxygen atoms in total. The van der Waals surface area contributed by atoms with E-state index in [0.717, 1.165) is 33.4 Å². The van der Waals surface area contributed by atoms with Crippen molar-refractivity contribution in [3.8, 4) is 33.8 Å². The fraction of sp³-hybridized carbons (Fsp3) is 0.0476. The first-order chi connectivity index (χ1) is 11.0. The molecule has 0 aromatic heterocycles. The van der Waals surface area contributed by atoms with Gasteiger partial charge in [0.25, 0.3) is 0 Å². The Hall–Kier alpha value is -3.00. The minimum absolute atomic E-state index is 0.253. The Morgan fingerprint density at radius 2 is 1.04 bits per heavy atom. The van der Waals surface area contributed by atoms with Gasteiger partial charge in [-0.25, -0.2) is 0 Å². The Labute approximate surface area is 136 Å². The van der Waals surface area contributed by atoms with E-state index in [1.807, 2.05) is 31.2 Å². The molecule has 0 unspecified atom stereocenters. The maximum absolute atomic E-state index is 9.47. The van der Waals surface area contributed by atoms with Gasteiger partial charge in [-0.1, -0.05) is 36.4 Å². The number of hydrogen-bond donors (Lipinski definition) is 2. The molecule has 114 valence electrons. The quantitative estimate of drug-likeness (QED) is 0.674. The summed E-state index contributed by atoms with van der Waals surface area (Å²) in [6.45, 7) is 6.03. The van der Waals surface area contributed by atoms with Gasteiger partial charge in [-0.2, -0.15) is 0 Å². The summed E-state index contributed by atoms with van der Waals surface area (Å²) in [5.41, 5.74) is 6.25. The molecule has 0 saturated carbocycles. The number of allylic oxidation sites excluding steroid dienone is 1. The number of benzene rings is 3. The van der Waals surface area contributed by atoms with Crippen LogP contribution in [0.4, 0.5) is 0 Å². The molecule has 0 saturated heterocycles. The second-order valence-corrected chi connectivity index (χ2v) is 5.67. The first-order valence-corrected chi connectivity index (χ1v) is 7.43. The van der Waals surface area contributed by atoms with E-state index in [9.17, 15) is 10.2 Å². The lowest BCUT2D eigenvalue weighted by atomic mass is 9.94. The zero-order valence-corrected chi connectivity index (χ0v) is 13.0. The van der Waals surface area contributed by atoms with Crippen molar-refractivity contribution in [2.45, 2.75) is 6.92 Å². The van der Waals surface area contributed by atoms with E-state index in [2.05, 4.69) is 24.8 Å². The Morgan fingerprint density at radius 1 is 0.652 bits per heavy atom. The zero-order valence-electron chi connectivity index (χ0n) is 13.0. The minimum atomic E-state index is 0.253. The van der Waals surface area contributed by atoms with Crippen molar-refractivity contribution in [3.63, 3.8) is 0 Å². The van der Waals surface area contributed by atoms with Crippen LogP contribution in [0.25, 0.3) is 27.8 Å². The molecular weight excluding hydrogens is 284 g/mol. The molecule has 0 aliphatic carbocycles. The molecule has 0 radical (unpaired) electrons. The molecule has 0 amide bonds. The third kappa shape index (κ3) is 3.27. The summed E-state index contributed by atoms with van der Waals surface area (Å²) in [7, 11) is 0. The van der Waals surface area contributed by atoms with Gasteiger partial charge in [-0.15, -0.1) is 0 Å². The zero-order chi connectivity index (χ0) is 16.4. The number of hydrogen-bond acceptors (Lipinski definition) is 2. The van der Waals surface area contributed by atoms with Crippen LogP contribution in [0.1, 0.15) is 12.5 Å². The average Bonchev–Trinajstić information content (AvgIpc) is 2.55. The number of rotatable bonds is 3. The highest BCUT2D eigenvalue weighted by molar-refractivity contribution is 5.79. The third-order valence-electron chi connectivity index (χ3n) is 3.83.